The molecule has 0 saturated carbocycles. The lowest BCUT2D eigenvalue weighted by molar-refractivity contribution is 0.598. The third-order valence-electron chi connectivity index (χ3n) is 1.60. The topological polar surface area (TPSA) is 86.2 Å². The van der Waals surface area contributed by atoms with Crippen molar-refractivity contribution in [3.63, 3.8) is 0 Å². The smallest absolute Gasteiger partial charge is 0.240 e. The van der Waals surface area contributed by atoms with E-state index in [4.69, 9.17) is 10.9 Å². The number of anilines is 1. The van der Waals surface area contributed by atoms with Crippen molar-refractivity contribution in [3.05, 3.63) is 22.2 Å². The Bertz CT molecular complexity index is 442. The van der Waals surface area contributed by atoms with Crippen molar-refractivity contribution in [2.75, 3.05) is 5.73 Å². The van der Waals surface area contributed by atoms with E-state index in [2.05, 4.69) is 15.9 Å². The lowest BCUT2D eigenvalue weighted by Gasteiger charge is -2.05. The van der Waals surface area contributed by atoms with Gasteiger partial charge in [-0.05, 0) is 24.6 Å². The van der Waals surface area contributed by atoms with Crippen molar-refractivity contribution < 1.29 is 8.42 Å². The van der Waals surface area contributed by atoms with Crippen LogP contribution in [0.1, 0.15) is 5.56 Å². The fourth-order valence-corrected chi connectivity index (χ4v) is 2.01. The molecule has 0 heterocycles. The maximum Gasteiger partial charge on any atom is 0.240 e. The maximum absolute atomic E-state index is 11.0. The molecule has 0 fully saturated rings. The first kappa shape index (κ1) is 10.5. The largest absolute Gasteiger partial charge is 0.398 e. The summed E-state index contributed by atoms with van der Waals surface area (Å²) in [5.74, 6) is 0. The van der Waals surface area contributed by atoms with Crippen LogP contribution in [0.25, 0.3) is 0 Å². The van der Waals surface area contributed by atoms with E-state index in [1.807, 2.05) is 0 Å². The van der Waals surface area contributed by atoms with Gasteiger partial charge in [-0.1, -0.05) is 15.9 Å². The number of primary sulfonamides is 1. The van der Waals surface area contributed by atoms with Crippen molar-refractivity contribution in [2.24, 2.45) is 5.14 Å². The van der Waals surface area contributed by atoms with Gasteiger partial charge in [0.05, 0.1) is 5.69 Å². The van der Waals surface area contributed by atoms with Crippen LogP contribution < -0.4 is 10.9 Å². The number of aryl methyl sites for hydroxylation is 1. The van der Waals surface area contributed by atoms with Crippen LogP contribution in [0, 0.1) is 6.92 Å². The number of rotatable bonds is 1. The van der Waals surface area contributed by atoms with Gasteiger partial charge < -0.3 is 5.73 Å². The third kappa shape index (κ3) is 2.20. The van der Waals surface area contributed by atoms with E-state index in [9.17, 15) is 8.42 Å². The van der Waals surface area contributed by atoms with Gasteiger partial charge in [-0.15, -0.1) is 0 Å². The number of sulfonamides is 1. The first-order valence-corrected chi connectivity index (χ1v) is 5.74. The molecule has 0 aliphatic rings. The highest BCUT2D eigenvalue weighted by Crippen LogP contribution is 2.25. The molecule has 4 nitrogen and oxygen atoms in total. The van der Waals surface area contributed by atoms with E-state index in [-0.39, 0.29) is 10.6 Å². The molecule has 0 aromatic heterocycles. The fraction of sp³-hybridized carbons (Fsp3) is 0.143. The number of nitrogens with two attached hydrogens (primary N) is 2. The van der Waals surface area contributed by atoms with Crippen molar-refractivity contribution in [1.29, 1.82) is 0 Å². The van der Waals surface area contributed by atoms with Crippen molar-refractivity contribution in [1.82, 2.24) is 0 Å². The van der Waals surface area contributed by atoms with Gasteiger partial charge in [0.1, 0.15) is 4.90 Å². The Hall–Kier alpha value is -0.590. The number of nitrogen functional groups attached to an aromatic ring is 1. The summed E-state index contributed by atoms with van der Waals surface area (Å²) in [5, 5.41) is 4.95. The van der Waals surface area contributed by atoms with Crippen LogP contribution in [-0.2, 0) is 10.0 Å². The van der Waals surface area contributed by atoms with Gasteiger partial charge in [0.2, 0.25) is 10.0 Å². The molecule has 0 spiro atoms. The highest BCUT2D eigenvalue weighted by molar-refractivity contribution is 9.10. The summed E-state index contributed by atoms with van der Waals surface area (Å²) in [6.07, 6.45) is 0. The average Bonchev–Trinajstić information content (AvgIpc) is 1.94. The van der Waals surface area contributed by atoms with E-state index in [1.165, 1.54) is 12.1 Å². The van der Waals surface area contributed by atoms with Crippen LogP contribution >= 0.6 is 15.9 Å². The number of halogens is 1. The molecule has 1 aromatic rings. The lowest BCUT2D eigenvalue weighted by Crippen LogP contribution is -2.14. The number of hydrogen-bond acceptors (Lipinski definition) is 3. The molecule has 1 rings (SSSR count). The molecule has 0 bridgehead atoms. The van der Waals surface area contributed by atoms with Crippen LogP contribution in [0.2, 0.25) is 0 Å². The van der Waals surface area contributed by atoms with E-state index in [0.29, 0.717) is 0 Å². The zero-order chi connectivity index (χ0) is 10.2. The summed E-state index contributed by atoms with van der Waals surface area (Å²) in [5.41, 5.74) is 6.42. The minimum atomic E-state index is -3.72. The van der Waals surface area contributed by atoms with E-state index in [0.717, 1.165) is 10.0 Å². The zero-order valence-electron chi connectivity index (χ0n) is 6.91. The van der Waals surface area contributed by atoms with Crippen LogP contribution in [0.5, 0.6) is 0 Å². The van der Waals surface area contributed by atoms with Gasteiger partial charge in [0.15, 0.2) is 0 Å². The summed E-state index contributed by atoms with van der Waals surface area (Å²) in [4.78, 5) is -0.0341. The second kappa shape index (κ2) is 3.28. The quantitative estimate of drug-likeness (QED) is 0.742. The van der Waals surface area contributed by atoms with Crippen LogP contribution in [-0.4, -0.2) is 8.42 Å². The van der Waals surface area contributed by atoms with Gasteiger partial charge in [-0.25, -0.2) is 13.6 Å². The summed E-state index contributed by atoms with van der Waals surface area (Å²) < 4.78 is 22.8. The monoisotopic (exact) mass is 264 g/mol. The standard InChI is InChI=1S/C7H9BrN2O2S/c1-4-2-7(13(10,11)12)6(9)3-5(4)8/h2-3H,9H2,1H3,(H2,10,11,12). The van der Waals surface area contributed by atoms with E-state index >= 15 is 0 Å². The zero-order valence-corrected chi connectivity index (χ0v) is 9.31. The predicted octanol–water partition coefficient (Wildman–Crippen LogP) is 0.987. The van der Waals surface area contributed by atoms with Gasteiger partial charge in [-0.2, -0.15) is 0 Å². The van der Waals surface area contributed by atoms with Gasteiger partial charge in [-0.3, -0.25) is 0 Å². The maximum atomic E-state index is 11.0. The normalized spacial score (nSPS) is 11.6. The average molecular weight is 265 g/mol. The summed E-state index contributed by atoms with van der Waals surface area (Å²) >= 11 is 3.23. The van der Waals surface area contributed by atoms with Gasteiger partial charge in [0, 0.05) is 4.47 Å². The summed E-state index contributed by atoms with van der Waals surface area (Å²) in [6, 6.07) is 2.96. The Balaban J connectivity index is 3.50. The molecular weight excluding hydrogens is 256 g/mol. The highest BCUT2D eigenvalue weighted by Gasteiger charge is 2.13. The Labute approximate surface area is 85.1 Å². The fourth-order valence-electron chi connectivity index (χ4n) is 0.917. The Kier molecular flexibility index (Phi) is 2.65. The van der Waals surface area contributed by atoms with E-state index < -0.39 is 10.0 Å². The number of benzene rings is 1. The molecule has 6 heteroatoms. The van der Waals surface area contributed by atoms with Crippen molar-refractivity contribution >= 4 is 31.6 Å². The first-order valence-electron chi connectivity index (χ1n) is 3.41. The van der Waals surface area contributed by atoms with Crippen molar-refractivity contribution in [2.45, 2.75) is 11.8 Å². The molecule has 1 aromatic carbocycles. The Morgan fingerprint density at radius 1 is 1.38 bits per heavy atom. The minimum Gasteiger partial charge on any atom is -0.398 e. The predicted molar refractivity (Wildman–Crippen MR) is 54.7 cm³/mol. The second-order valence-corrected chi connectivity index (χ2v) is 5.07. The van der Waals surface area contributed by atoms with Crippen molar-refractivity contribution in [3.8, 4) is 0 Å². The Morgan fingerprint density at radius 3 is 2.38 bits per heavy atom. The molecule has 72 valence electrons. The summed E-state index contributed by atoms with van der Waals surface area (Å²) in [7, 11) is -3.72. The van der Waals surface area contributed by atoms with Gasteiger partial charge in [0.25, 0.3) is 0 Å². The molecule has 0 radical (unpaired) electrons. The molecule has 0 amide bonds. The first-order chi connectivity index (χ1) is 5.82. The number of hydrogen-bond donors (Lipinski definition) is 2. The molecule has 0 aliphatic carbocycles. The second-order valence-electron chi connectivity index (χ2n) is 2.68. The molecule has 13 heavy (non-hydrogen) atoms. The lowest BCUT2D eigenvalue weighted by atomic mass is 10.2. The molecule has 0 saturated heterocycles. The minimum absolute atomic E-state index is 0.0341. The SMILES string of the molecule is Cc1cc(S(N)(=O)=O)c(N)cc1Br. The molecular formula is C7H9BrN2O2S. The van der Waals surface area contributed by atoms with Crippen LogP contribution in [0.4, 0.5) is 5.69 Å². The van der Waals surface area contributed by atoms with Crippen LogP contribution in [0.3, 0.4) is 0 Å². The Morgan fingerprint density at radius 2 is 1.92 bits per heavy atom. The highest BCUT2D eigenvalue weighted by atomic mass is 79.9. The molecule has 0 aliphatic heterocycles. The molecule has 0 atom stereocenters. The van der Waals surface area contributed by atoms with Gasteiger partial charge >= 0.3 is 0 Å². The van der Waals surface area contributed by atoms with Crippen LogP contribution in [0.15, 0.2) is 21.5 Å². The molecule has 0 unspecified atom stereocenters. The molecule has 4 N–H and O–H groups in total. The third-order valence-corrected chi connectivity index (χ3v) is 3.42. The summed E-state index contributed by atoms with van der Waals surface area (Å²) in [6.45, 7) is 1.76. The van der Waals surface area contributed by atoms with E-state index in [1.54, 1.807) is 6.92 Å².